The molecule has 1 unspecified atom stereocenters. The van der Waals surface area contributed by atoms with Crippen molar-refractivity contribution >= 4 is 5.97 Å². The van der Waals surface area contributed by atoms with Gasteiger partial charge in [0, 0.05) is 18.0 Å². The molecule has 2 heterocycles. The Hall–Kier alpha value is -3.09. The van der Waals surface area contributed by atoms with E-state index < -0.39 is 11.9 Å². The fourth-order valence-corrected chi connectivity index (χ4v) is 2.30. The number of ether oxygens (including phenoxy) is 1. The van der Waals surface area contributed by atoms with Crippen LogP contribution in [0.1, 0.15) is 18.4 Å². The Bertz CT molecular complexity index is 852. The Balaban J connectivity index is 1.54. The molecule has 25 heavy (non-hydrogen) atoms. The number of aromatic nitrogens is 3. The third-order valence-corrected chi connectivity index (χ3v) is 3.56. The minimum atomic E-state index is -0.414. The summed E-state index contributed by atoms with van der Waals surface area (Å²) in [6, 6.07) is 9.71. The number of pyridine rings is 1. The van der Waals surface area contributed by atoms with Crippen LogP contribution in [-0.4, -0.2) is 21.1 Å². The topological polar surface area (TPSA) is 78.1 Å². The van der Waals surface area contributed by atoms with E-state index in [9.17, 15) is 9.18 Å². The van der Waals surface area contributed by atoms with Gasteiger partial charge in [-0.2, -0.15) is 4.98 Å². The minimum absolute atomic E-state index is 0.112. The molecule has 7 heteroatoms. The number of nitrogens with zero attached hydrogens (tertiary/aromatic N) is 3. The summed E-state index contributed by atoms with van der Waals surface area (Å²) in [5, 5.41) is 3.83. The second kappa shape index (κ2) is 7.65. The van der Waals surface area contributed by atoms with Gasteiger partial charge < -0.3 is 9.26 Å². The first kappa shape index (κ1) is 16.8. The van der Waals surface area contributed by atoms with Crippen molar-refractivity contribution in [1.29, 1.82) is 0 Å². The van der Waals surface area contributed by atoms with Gasteiger partial charge in [-0.1, -0.05) is 24.2 Å². The first-order valence-corrected chi connectivity index (χ1v) is 7.76. The third-order valence-electron chi connectivity index (χ3n) is 3.56. The minimum Gasteiger partial charge on any atom is -0.455 e. The maximum Gasteiger partial charge on any atom is 0.309 e. The quantitative estimate of drug-likeness (QED) is 0.641. The van der Waals surface area contributed by atoms with Crippen molar-refractivity contribution < 1.29 is 18.4 Å². The fourth-order valence-electron chi connectivity index (χ4n) is 2.30. The maximum atomic E-state index is 13.2. The fraction of sp³-hybridized carbons (Fsp3) is 0.222. The number of benzene rings is 1. The van der Waals surface area contributed by atoms with Crippen LogP contribution >= 0.6 is 0 Å². The van der Waals surface area contributed by atoms with Crippen LogP contribution in [0.5, 0.6) is 0 Å². The van der Waals surface area contributed by atoms with Gasteiger partial charge >= 0.3 is 5.97 Å². The molecule has 0 saturated heterocycles. The van der Waals surface area contributed by atoms with Crippen LogP contribution in [0.4, 0.5) is 4.39 Å². The molecule has 3 rings (SSSR count). The number of carbonyl (C=O) groups excluding carboxylic acids is 1. The molecule has 0 aliphatic heterocycles. The van der Waals surface area contributed by atoms with E-state index in [1.807, 2.05) is 0 Å². The predicted octanol–water partition coefficient (Wildman–Crippen LogP) is 3.19. The van der Waals surface area contributed by atoms with Crippen LogP contribution in [0, 0.1) is 11.7 Å². The Morgan fingerprint density at radius 1 is 1.32 bits per heavy atom. The molecular formula is C18H16FN3O3. The van der Waals surface area contributed by atoms with Crippen LogP contribution in [0.3, 0.4) is 0 Å². The number of rotatable bonds is 6. The van der Waals surface area contributed by atoms with E-state index in [1.54, 1.807) is 43.6 Å². The molecule has 0 amide bonds. The number of esters is 1. The molecular weight excluding hydrogens is 325 g/mol. The number of hydrogen-bond acceptors (Lipinski definition) is 6. The summed E-state index contributed by atoms with van der Waals surface area (Å²) in [7, 11) is 0. The SMILES string of the molecule is CC(Cc1cccc(F)c1)C(=O)OCc1nc(-c2cccnc2)no1. The molecule has 1 aromatic carbocycles. The lowest BCUT2D eigenvalue weighted by Gasteiger charge is -2.10. The van der Waals surface area contributed by atoms with Gasteiger partial charge in [0.2, 0.25) is 5.82 Å². The van der Waals surface area contributed by atoms with E-state index in [0.717, 1.165) is 5.56 Å². The third kappa shape index (κ3) is 4.47. The number of hydrogen-bond donors (Lipinski definition) is 0. The van der Waals surface area contributed by atoms with E-state index in [-0.39, 0.29) is 18.3 Å². The summed E-state index contributed by atoms with van der Waals surface area (Å²) >= 11 is 0. The van der Waals surface area contributed by atoms with Crippen LogP contribution < -0.4 is 0 Å². The van der Waals surface area contributed by atoms with Crippen LogP contribution in [-0.2, 0) is 22.6 Å². The lowest BCUT2D eigenvalue weighted by Crippen LogP contribution is -2.17. The van der Waals surface area contributed by atoms with Crippen molar-refractivity contribution in [2.24, 2.45) is 5.92 Å². The molecule has 0 aliphatic carbocycles. The molecule has 0 fully saturated rings. The molecule has 0 saturated carbocycles. The standard InChI is InChI=1S/C18H16FN3O3/c1-12(8-13-4-2-6-15(19)9-13)18(23)24-11-16-21-17(22-25-16)14-5-3-7-20-10-14/h2-7,9-10,12H,8,11H2,1H3. The Kier molecular flexibility index (Phi) is 5.13. The van der Waals surface area contributed by atoms with E-state index in [2.05, 4.69) is 15.1 Å². The van der Waals surface area contributed by atoms with Crippen LogP contribution in [0.15, 0.2) is 53.3 Å². The first-order valence-electron chi connectivity index (χ1n) is 7.76. The van der Waals surface area contributed by atoms with Crippen molar-refractivity contribution in [3.63, 3.8) is 0 Å². The summed E-state index contributed by atoms with van der Waals surface area (Å²) in [5.41, 5.74) is 1.45. The van der Waals surface area contributed by atoms with Crippen molar-refractivity contribution in [3.8, 4) is 11.4 Å². The number of halogens is 1. The molecule has 0 N–H and O–H groups in total. The highest BCUT2D eigenvalue weighted by molar-refractivity contribution is 5.72. The van der Waals surface area contributed by atoms with E-state index >= 15 is 0 Å². The normalized spacial score (nSPS) is 11.9. The lowest BCUT2D eigenvalue weighted by molar-refractivity contribution is -0.150. The average molecular weight is 341 g/mol. The van der Waals surface area contributed by atoms with Crippen molar-refractivity contribution in [2.75, 3.05) is 0 Å². The van der Waals surface area contributed by atoms with Gasteiger partial charge in [-0.05, 0) is 36.2 Å². The molecule has 128 valence electrons. The Morgan fingerprint density at radius 2 is 2.20 bits per heavy atom. The summed E-state index contributed by atoms with van der Waals surface area (Å²) in [4.78, 5) is 20.2. The smallest absolute Gasteiger partial charge is 0.309 e. The van der Waals surface area contributed by atoms with Gasteiger partial charge in [0.25, 0.3) is 5.89 Å². The van der Waals surface area contributed by atoms with Gasteiger partial charge in [0.05, 0.1) is 5.92 Å². The second-order valence-corrected chi connectivity index (χ2v) is 5.60. The molecule has 2 aromatic heterocycles. The maximum absolute atomic E-state index is 13.2. The lowest BCUT2D eigenvalue weighted by atomic mass is 10.0. The highest BCUT2D eigenvalue weighted by Gasteiger charge is 2.17. The Labute approximate surface area is 143 Å². The summed E-state index contributed by atoms with van der Waals surface area (Å²) < 4.78 is 23.4. The summed E-state index contributed by atoms with van der Waals surface area (Å²) in [5.74, 6) is -0.572. The molecule has 0 spiro atoms. The second-order valence-electron chi connectivity index (χ2n) is 5.60. The van der Waals surface area contributed by atoms with Crippen LogP contribution in [0.2, 0.25) is 0 Å². The highest BCUT2D eigenvalue weighted by Crippen LogP contribution is 2.15. The molecule has 0 aliphatic rings. The van der Waals surface area contributed by atoms with Crippen molar-refractivity contribution in [2.45, 2.75) is 20.0 Å². The zero-order valence-electron chi connectivity index (χ0n) is 13.6. The van der Waals surface area contributed by atoms with Crippen molar-refractivity contribution in [1.82, 2.24) is 15.1 Å². The van der Waals surface area contributed by atoms with E-state index in [1.165, 1.54) is 12.1 Å². The molecule has 0 radical (unpaired) electrons. The molecule has 6 nitrogen and oxygen atoms in total. The van der Waals surface area contributed by atoms with Gasteiger partial charge in [0.1, 0.15) is 5.82 Å². The highest BCUT2D eigenvalue weighted by atomic mass is 19.1. The molecule has 1 atom stereocenters. The average Bonchev–Trinajstić information content (AvgIpc) is 3.09. The Morgan fingerprint density at radius 3 is 2.96 bits per heavy atom. The molecule has 3 aromatic rings. The van der Waals surface area contributed by atoms with Crippen LogP contribution in [0.25, 0.3) is 11.4 Å². The monoisotopic (exact) mass is 341 g/mol. The predicted molar refractivity (Wildman–Crippen MR) is 86.6 cm³/mol. The summed E-state index contributed by atoms with van der Waals surface area (Å²) in [6.45, 7) is 1.61. The van der Waals surface area contributed by atoms with E-state index in [0.29, 0.717) is 17.8 Å². The van der Waals surface area contributed by atoms with Gasteiger partial charge in [-0.3, -0.25) is 9.78 Å². The van der Waals surface area contributed by atoms with Gasteiger partial charge in [-0.15, -0.1) is 0 Å². The van der Waals surface area contributed by atoms with Gasteiger partial charge in [-0.25, -0.2) is 4.39 Å². The zero-order chi connectivity index (χ0) is 17.6. The number of carbonyl (C=O) groups is 1. The van der Waals surface area contributed by atoms with Crippen molar-refractivity contribution in [3.05, 3.63) is 66.1 Å². The van der Waals surface area contributed by atoms with Gasteiger partial charge in [0.15, 0.2) is 6.61 Å². The summed E-state index contributed by atoms with van der Waals surface area (Å²) in [6.07, 6.45) is 3.65. The first-order chi connectivity index (χ1) is 12.1. The molecule has 0 bridgehead atoms. The van der Waals surface area contributed by atoms with E-state index in [4.69, 9.17) is 9.26 Å². The zero-order valence-corrected chi connectivity index (χ0v) is 13.6. The largest absolute Gasteiger partial charge is 0.455 e.